The van der Waals surface area contributed by atoms with Crippen molar-refractivity contribution in [2.75, 3.05) is 52.9 Å². The molecule has 0 saturated carbocycles. The Bertz CT molecular complexity index is 1510. The van der Waals surface area contributed by atoms with Gasteiger partial charge in [-0.2, -0.15) is 0 Å². The summed E-state index contributed by atoms with van der Waals surface area (Å²) in [4.78, 5) is 46.7. The number of hydrogen-bond acceptors (Lipinski definition) is 18. The molecule has 3 rings (SSSR count). The topological polar surface area (TPSA) is 201 Å². The monoisotopic (exact) mass is 1140 g/mol. The third-order valence-electron chi connectivity index (χ3n) is 11.2. The summed E-state index contributed by atoms with van der Waals surface area (Å²) in [5.74, 6) is -1.94. The van der Waals surface area contributed by atoms with Crippen molar-refractivity contribution in [2.45, 2.75) is 160 Å². The summed E-state index contributed by atoms with van der Waals surface area (Å²) in [6.07, 6.45) is 12.4. The Morgan fingerprint density at radius 1 is 0.577 bits per heavy atom. The molecule has 0 aromatic heterocycles. The molecule has 0 amide bonds. The highest BCUT2D eigenvalue weighted by Gasteiger charge is 2.50. The molecule has 3 aliphatic heterocycles. The van der Waals surface area contributed by atoms with Gasteiger partial charge < -0.3 is 61.7 Å². The van der Waals surface area contributed by atoms with Gasteiger partial charge in [0.1, 0.15) is 6.10 Å². The lowest BCUT2D eigenvalue weighted by Crippen LogP contribution is -2.60. The Balaban J connectivity index is 0.000000893. The maximum absolute atomic E-state index is 11.7. The number of rotatable bonds is 27. The number of esters is 4. The van der Waals surface area contributed by atoms with Crippen molar-refractivity contribution in [3.63, 3.8) is 0 Å². The first kappa shape index (κ1) is 67.2. The minimum atomic E-state index is -3.11. The largest absolute Gasteiger partial charge is 0.463 e. The quantitative estimate of drug-likeness (QED) is 0.0195. The van der Waals surface area contributed by atoms with E-state index in [-0.39, 0.29) is 26.4 Å². The van der Waals surface area contributed by atoms with Crippen molar-refractivity contribution < 1.29 is 80.8 Å². The number of carbonyl (C=O) groups is 4. The third-order valence-corrected chi connectivity index (χ3v) is 42.0. The van der Waals surface area contributed by atoms with Crippen molar-refractivity contribution in [2.24, 2.45) is 0 Å². The summed E-state index contributed by atoms with van der Waals surface area (Å²) in [5.41, 5.74) is 0. The number of hydrogen-bond donors (Lipinski definition) is 0. The van der Waals surface area contributed by atoms with Gasteiger partial charge in [0, 0.05) is 37.5 Å². The maximum atomic E-state index is 11.7. The molecule has 26 heteroatoms. The molecule has 0 radical (unpaired) electrons. The summed E-state index contributed by atoms with van der Waals surface area (Å²) in [6.45, 7) is 36.3. The maximum Gasteiger partial charge on any atom is 0.330 e. The van der Waals surface area contributed by atoms with Gasteiger partial charge in [-0.15, -0.1) is 0 Å². The van der Waals surface area contributed by atoms with Crippen LogP contribution < -0.4 is 0 Å². The molecule has 0 bridgehead atoms. The van der Waals surface area contributed by atoms with Gasteiger partial charge in [-0.3, -0.25) is 0 Å². The van der Waals surface area contributed by atoms with E-state index in [1.54, 1.807) is 0 Å². The van der Waals surface area contributed by atoms with E-state index in [4.69, 9.17) is 61.7 Å². The lowest BCUT2D eigenvalue weighted by molar-refractivity contribution is -0.138. The molecule has 71 heavy (non-hydrogen) atoms. The summed E-state index contributed by atoms with van der Waals surface area (Å²) < 4.78 is 83.4. The first-order chi connectivity index (χ1) is 33.6. The van der Waals surface area contributed by atoms with E-state index in [1.165, 1.54) is 12.8 Å². The number of ether oxygens (including phenoxy) is 6. The molecule has 7 unspecified atom stereocenters. The molecular weight excluding hydrogens is 1050 g/mol. The van der Waals surface area contributed by atoms with Crippen molar-refractivity contribution in [3.8, 4) is 0 Å². The van der Waals surface area contributed by atoms with E-state index in [9.17, 15) is 19.2 Å². The van der Waals surface area contributed by atoms with Crippen molar-refractivity contribution >= 4 is 95.0 Å². The molecule has 18 nitrogen and oxygen atoms in total. The first-order valence-corrected chi connectivity index (χ1v) is 43.6. The van der Waals surface area contributed by atoms with E-state index >= 15 is 0 Å². The van der Waals surface area contributed by atoms with Crippen LogP contribution in [0.5, 0.6) is 0 Å². The van der Waals surface area contributed by atoms with E-state index in [1.807, 2.05) is 19.6 Å². The second-order valence-corrected chi connectivity index (χ2v) is 43.2. The molecule has 3 saturated heterocycles. The fourth-order valence-corrected chi connectivity index (χ4v) is 40.8. The van der Waals surface area contributed by atoms with E-state index in [0.29, 0.717) is 63.1 Å². The van der Waals surface area contributed by atoms with Gasteiger partial charge in [0.25, 0.3) is 28.6 Å². The van der Waals surface area contributed by atoms with E-state index in [0.717, 1.165) is 74.9 Å². The van der Waals surface area contributed by atoms with Crippen LogP contribution in [-0.4, -0.2) is 154 Å². The van der Waals surface area contributed by atoms with Gasteiger partial charge in [0.15, 0.2) is 8.32 Å². The normalized spacial score (nSPS) is 29.2. The first-order valence-electron chi connectivity index (χ1n) is 25.3. The molecular formula is C45H90O18Si8. The zero-order valence-electron chi connectivity index (χ0n) is 44.7. The average molecular weight is 1140 g/mol. The molecule has 410 valence electrons. The predicted octanol–water partition coefficient (Wildman–Crippen LogP) is 7.56. The molecule has 0 N–H and O–H groups in total. The molecule has 0 aromatic carbocycles. The van der Waals surface area contributed by atoms with Crippen LogP contribution >= 0.6 is 0 Å². The standard InChI is InChI=1S/C32H56O12Si4.C9H24O6Si4.C4H10/c1-9-29(33)37-19-15-25-45(5)24-14-13-23-41-46(6,26-16-20-38-30(34)10-2)43-48(8,28-18-22-40-32(36)12-4)44-47(7,42-45)27-17-21-39-31(35)11-3;1-17-12-16-13-18(2)15-19(3,14-17)6-4-5-10-7-9-8-11-9;1-3-4-2/h9-12H,1-4,13-28H2,5-8H3;9,17-18H,4-8,16H2,1-3H3;3-4H2,1-2H3. The molecule has 0 aromatic rings. The Morgan fingerprint density at radius 3 is 1.41 bits per heavy atom. The molecule has 3 aliphatic rings. The third kappa shape index (κ3) is 33.0. The van der Waals surface area contributed by atoms with Crippen LogP contribution in [0.4, 0.5) is 0 Å². The Kier molecular flexibility index (Phi) is 35.0. The highest BCUT2D eigenvalue weighted by Crippen LogP contribution is 2.36. The summed E-state index contributed by atoms with van der Waals surface area (Å²) in [6, 6.07) is 4.17. The molecule has 7 atom stereocenters. The second-order valence-electron chi connectivity index (χ2n) is 18.5. The average Bonchev–Trinajstić information content (AvgIpc) is 4.15. The highest BCUT2D eigenvalue weighted by atomic mass is 28.5. The van der Waals surface area contributed by atoms with Crippen molar-refractivity contribution in [3.05, 3.63) is 50.6 Å². The zero-order valence-corrected chi connectivity index (χ0v) is 53.4. The van der Waals surface area contributed by atoms with Crippen LogP contribution in [0.3, 0.4) is 0 Å². The van der Waals surface area contributed by atoms with Crippen LogP contribution in [0.15, 0.2) is 50.6 Å². The highest BCUT2D eigenvalue weighted by molar-refractivity contribution is 6.90. The number of unbranched alkanes of at least 4 members (excludes halogenated alkanes) is 1. The summed E-state index contributed by atoms with van der Waals surface area (Å²) >= 11 is 0. The minimum Gasteiger partial charge on any atom is -0.463 e. The fourth-order valence-electron chi connectivity index (χ4n) is 7.52. The Labute approximate surface area is 437 Å². The molecule has 3 fully saturated rings. The molecule has 0 aliphatic carbocycles. The van der Waals surface area contributed by atoms with Crippen LogP contribution in [0.1, 0.15) is 71.6 Å². The number of carbonyl (C=O) groups excluding carboxylic acids is 4. The van der Waals surface area contributed by atoms with Crippen LogP contribution in [-0.2, 0) is 80.8 Å². The van der Waals surface area contributed by atoms with Gasteiger partial charge >= 0.3 is 58.1 Å². The second kappa shape index (κ2) is 37.0. The lowest BCUT2D eigenvalue weighted by Gasteiger charge is -2.45. The Morgan fingerprint density at radius 2 is 0.972 bits per heavy atom. The van der Waals surface area contributed by atoms with Crippen molar-refractivity contribution in [1.82, 2.24) is 0 Å². The van der Waals surface area contributed by atoms with Crippen LogP contribution in [0.2, 0.25) is 82.1 Å². The fraction of sp³-hybridized carbons (Fsp3) is 0.733. The van der Waals surface area contributed by atoms with E-state index < -0.39 is 95.0 Å². The van der Waals surface area contributed by atoms with Gasteiger partial charge in [-0.05, 0) is 121 Å². The van der Waals surface area contributed by atoms with Gasteiger partial charge in [-0.1, -0.05) is 59.4 Å². The van der Waals surface area contributed by atoms with Crippen LogP contribution in [0.25, 0.3) is 0 Å². The minimum absolute atomic E-state index is 0.170. The SMILES string of the molecule is C=CC(=O)OCCC[Si]1(C)CCCCO[Si](C)(CCCOC(=O)C=C)O[Si](C)(CCCOC(=O)C=C)O[Si](C)(CCCOC(=O)C=C)O1.CCCC.C[SiH]1O[SiH2]O[SiH](C)O[Si](C)(CCCOCC2CO2)O1. The van der Waals surface area contributed by atoms with Crippen molar-refractivity contribution in [1.29, 1.82) is 0 Å². The summed E-state index contributed by atoms with van der Waals surface area (Å²) in [5, 5.41) is 0. The molecule has 3 heterocycles. The number of epoxide rings is 1. The van der Waals surface area contributed by atoms with Gasteiger partial charge in [0.2, 0.25) is 0 Å². The Hall–Kier alpha value is -1.82. The van der Waals surface area contributed by atoms with Gasteiger partial charge in [0.05, 0.1) is 39.6 Å². The van der Waals surface area contributed by atoms with Crippen LogP contribution in [0, 0.1) is 0 Å². The smallest absolute Gasteiger partial charge is 0.330 e. The lowest BCUT2D eigenvalue weighted by atomic mass is 10.4. The molecule has 0 spiro atoms. The summed E-state index contributed by atoms with van der Waals surface area (Å²) in [7, 11) is -17.6. The zero-order chi connectivity index (χ0) is 53.2. The van der Waals surface area contributed by atoms with E-state index in [2.05, 4.69) is 66.4 Å². The van der Waals surface area contributed by atoms with Gasteiger partial charge in [-0.25, -0.2) is 19.2 Å². The predicted molar refractivity (Wildman–Crippen MR) is 293 cm³/mol.